The number of aromatic nitrogens is 5. The first-order valence-electron chi connectivity index (χ1n) is 19.4. The maximum Gasteiger partial charge on any atom is 0.162 e. The Hall–Kier alpha value is -7.58. The molecule has 3 aromatic heterocycles. The van der Waals surface area contributed by atoms with Crippen molar-refractivity contribution in [3.63, 3.8) is 0 Å². The van der Waals surface area contributed by atoms with Crippen molar-refractivity contribution in [1.29, 1.82) is 5.26 Å². The molecule has 10 rings (SSSR count). The highest BCUT2D eigenvalue weighted by Gasteiger charge is 2.25. The van der Waals surface area contributed by atoms with Gasteiger partial charge in [0.15, 0.2) is 11.6 Å². The second-order valence-electron chi connectivity index (χ2n) is 14.5. The van der Waals surface area contributed by atoms with Crippen LogP contribution in [0.4, 0.5) is 0 Å². The third kappa shape index (κ3) is 6.74. The Morgan fingerprint density at radius 1 is 0.458 bits per heavy atom. The monoisotopic (exact) mass is 774 g/mol. The van der Waals surface area contributed by atoms with Crippen molar-refractivity contribution in [1.82, 2.24) is 24.5 Å². The van der Waals surface area contributed by atoms with Crippen molar-refractivity contribution in [2.45, 2.75) is 6.92 Å². The van der Waals surface area contributed by atoms with Crippen LogP contribution in [0.25, 0.3) is 95.2 Å². The average molecular weight is 775 g/mol. The molecule has 10 aromatic rings. The van der Waals surface area contributed by atoms with Gasteiger partial charge >= 0.3 is 0 Å². The van der Waals surface area contributed by atoms with Crippen LogP contribution in [0.5, 0.6) is 0 Å². The summed E-state index contributed by atoms with van der Waals surface area (Å²) in [5.41, 5.74) is 13.9. The third-order valence-corrected chi connectivity index (χ3v) is 10.9. The number of hydrogen-bond donors (Lipinski definition) is 0. The molecule has 0 fully saturated rings. The Labute approximate surface area is 344 Å². The van der Waals surface area contributed by atoms with E-state index in [1.54, 1.807) is 0 Å². The molecule has 278 valence electrons. The van der Waals surface area contributed by atoms with Gasteiger partial charge in [-0.1, -0.05) is 160 Å². The molecular weight excluding hydrogens is 740 g/mol. The van der Waals surface area contributed by atoms with Crippen LogP contribution in [0.3, 0.4) is 0 Å². The van der Waals surface area contributed by atoms with E-state index in [0.29, 0.717) is 28.3 Å². The predicted molar refractivity (Wildman–Crippen MR) is 243 cm³/mol. The minimum absolute atomic E-state index is 0.439. The summed E-state index contributed by atoms with van der Waals surface area (Å²) in [5, 5.41) is 12.9. The summed E-state index contributed by atoms with van der Waals surface area (Å²) < 4.78 is 2.29. The lowest BCUT2D eigenvalue weighted by atomic mass is 9.99. The Kier molecular flexibility index (Phi) is 9.14. The summed E-state index contributed by atoms with van der Waals surface area (Å²) in [5.74, 6) is 0.956. The van der Waals surface area contributed by atoms with Crippen LogP contribution >= 0.6 is 9.24 Å². The molecule has 0 saturated carbocycles. The molecular formula is C52H35N6P. The molecule has 6 nitrogen and oxygen atoms in total. The lowest BCUT2D eigenvalue weighted by Crippen LogP contribution is -2.09. The van der Waals surface area contributed by atoms with Crippen LogP contribution in [0, 0.1) is 18.3 Å². The number of rotatable bonds is 7. The fraction of sp³-hybridized carbons (Fsp3) is 0.0192. The predicted octanol–water partition coefficient (Wildman–Crippen LogP) is 12.0. The van der Waals surface area contributed by atoms with Gasteiger partial charge in [-0.3, -0.25) is 0 Å². The molecule has 0 saturated heterocycles. The molecule has 0 bridgehead atoms. The lowest BCUT2D eigenvalue weighted by Gasteiger charge is -2.20. The van der Waals surface area contributed by atoms with E-state index in [2.05, 4.69) is 118 Å². The smallest absolute Gasteiger partial charge is 0.162 e. The minimum atomic E-state index is 0.439. The zero-order chi connectivity index (χ0) is 39.9. The quantitative estimate of drug-likeness (QED) is 0.151. The van der Waals surface area contributed by atoms with Gasteiger partial charge in [0.1, 0.15) is 0 Å². The summed E-state index contributed by atoms with van der Waals surface area (Å²) in [4.78, 5) is 20.9. The standard InChI is InChI=1S/C52H35N6P/c1-33-14-13-21-38(26-33)39-24-25-41-40-22-11-12-23-47(40)58(48(41)29-39)50-42(51-54-44(35-15-5-2-6-16-35)30-45(55-51)36-17-7-3-8-18-36)27-34(32-53)28-43(50)52-56-46(31-49(59)57-52)37-19-9-4-10-20-37/h2-31H,59H2,1H3. The molecule has 0 radical (unpaired) electrons. The maximum absolute atomic E-state index is 10.7. The third-order valence-electron chi connectivity index (χ3n) is 10.7. The van der Waals surface area contributed by atoms with E-state index in [1.165, 1.54) is 5.56 Å². The van der Waals surface area contributed by atoms with E-state index >= 15 is 0 Å². The van der Waals surface area contributed by atoms with Gasteiger partial charge in [0, 0.05) is 38.6 Å². The Morgan fingerprint density at radius 3 is 1.56 bits per heavy atom. The molecule has 3 heterocycles. The number of para-hydroxylation sites is 1. The minimum Gasteiger partial charge on any atom is -0.308 e. The van der Waals surface area contributed by atoms with Gasteiger partial charge in [-0.05, 0) is 54.4 Å². The van der Waals surface area contributed by atoms with E-state index in [0.717, 1.165) is 77.8 Å². The van der Waals surface area contributed by atoms with Crippen molar-refractivity contribution < 1.29 is 0 Å². The molecule has 1 atom stereocenters. The molecule has 1 unspecified atom stereocenters. The van der Waals surface area contributed by atoms with Crippen molar-refractivity contribution in [2.24, 2.45) is 0 Å². The van der Waals surface area contributed by atoms with E-state index in [9.17, 15) is 5.26 Å². The molecule has 7 aromatic carbocycles. The number of nitrogens with zero attached hydrogens (tertiary/aromatic N) is 6. The molecule has 0 N–H and O–H groups in total. The van der Waals surface area contributed by atoms with E-state index in [1.807, 2.05) is 91.0 Å². The molecule has 0 aliphatic rings. The molecule has 0 spiro atoms. The number of aryl methyl sites for hydroxylation is 1. The normalized spacial score (nSPS) is 11.2. The summed E-state index contributed by atoms with van der Waals surface area (Å²) in [6.07, 6.45) is 0. The highest BCUT2D eigenvalue weighted by atomic mass is 31.0. The van der Waals surface area contributed by atoms with E-state index in [4.69, 9.17) is 19.9 Å². The summed E-state index contributed by atoms with van der Waals surface area (Å²) >= 11 is 0. The van der Waals surface area contributed by atoms with Crippen LogP contribution in [0.1, 0.15) is 11.1 Å². The largest absolute Gasteiger partial charge is 0.308 e. The van der Waals surface area contributed by atoms with Crippen LogP contribution in [-0.4, -0.2) is 24.5 Å². The number of nitriles is 1. The number of hydrogen-bond acceptors (Lipinski definition) is 5. The molecule has 59 heavy (non-hydrogen) atoms. The average Bonchev–Trinajstić information content (AvgIpc) is 3.62. The topological polar surface area (TPSA) is 80.3 Å². The van der Waals surface area contributed by atoms with Crippen LogP contribution < -0.4 is 5.44 Å². The highest BCUT2D eigenvalue weighted by molar-refractivity contribution is 7.26. The molecule has 0 aliphatic heterocycles. The first kappa shape index (κ1) is 35.8. The molecule has 0 aliphatic carbocycles. The molecule has 0 amide bonds. The Morgan fingerprint density at radius 2 is 0.966 bits per heavy atom. The fourth-order valence-electron chi connectivity index (χ4n) is 7.92. The number of fused-ring (bicyclic) bond motifs is 3. The highest BCUT2D eigenvalue weighted by Crippen LogP contribution is 2.43. The second-order valence-corrected chi connectivity index (χ2v) is 15.1. The van der Waals surface area contributed by atoms with Gasteiger partial charge in [0.05, 0.1) is 50.9 Å². The van der Waals surface area contributed by atoms with Gasteiger partial charge in [0.25, 0.3) is 0 Å². The van der Waals surface area contributed by atoms with Crippen LogP contribution in [0.2, 0.25) is 0 Å². The zero-order valence-electron chi connectivity index (χ0n) is 32.1. The second kappa shape index (κ2) is 15.1. The Bertz CT molecular complexity index is 3190. The van der Waals surface area contributed by atoms with Crippen LogP contribution in [0.15, 0.2) is 182 Å². The maximum atomic E-state index is 10.7. The fourth-order valence-corrected chi connectivity index (χ4v) is 8.20. The van der Waals surface area contributed by atoms with E-state index in [-0.39, 0.29) is 0 Å². The zero-order valence-corrected chi connectivity index (χ0v) is 33.2. The van der Waals surface area contributed by atoms with Gasteiger partial charge in [-0.25, -0.2) is 19.9 Å². The van der Waals surface area contributed by atoms with Gasteiger partial charge in [-0.2, -0.15) is 5.26 Å². The van der Waals surface area contributed by atoms with Crippen LogP contribution in [-0.2, 0) is 0 Å². The van der Waals surface area contributed by atoms with Gasteiger partial charge in [-0.15, -0.1) is 0 Å². The van der Waals surface area contributed by atoms with Crippen molar-refractivity contribution in [3.05, 3.63) is 193 Å². The van der Waals surface area contributed by atoms with Crippen molar-refractivity contribution >= 4 is 36.5 Å². The van der Waals surface area contributed by atoms with Gasteiger partial charge < -0.3 is 4.57 Å². The van der Waals surface area contributed by atoms with Gasteiger partial charge in [0.2, 0.25) is 0 Å². The van der Waals surface area contributed by atoms with E-state index < -0.39 is 0 Å². The Balaban J connectivity index is 1.36. The first-order valence-corrected chi connectivity index (χ1v) is 20.0. The SMILES string of the molecule is Cc1cccc(-c2ccc3c4ccccc4n(-c4c(-c5nc(P)cc(-c6ccccc6)n5)cc(C#N)cc4-c4nc(-c5ccccc5)cc(-c5ccccc5)n4)c3c2)c1. The summed E-state index contributed by atoms with van der Waals surface area (Å²) in [7, 11) is 2.76. The number of benzene rings is 7. The summed E-state index contributed by atoms with van der Waals surface area (Å²) in [6, 6.07) is 64.3. The molecule has 7 heteroatoms. The van der Waals surface area contributed by atoms with Crippen molar-refractivity contribution in [2.75, 3.05) is 0 Å². The summed E-state index contributed by atoms with van der Waals surface area (Å²) in [6.45, 7) is 2.12. The lowest BCUT2D eigenvalue weighted by molar-refractivity contribution is 1.12. The first-order chi connectivity index (χ1) is 29.0. The van der Waals surface area contributed by atoms with Crippen molar-refractivity contribution in [3.8, 4) is 79.4 Å².